The molecule has 8 rings (SSSR count). The maximum absolute atomic E-state index is 13.5. The molecule has 4 fully saturated rings. The number of carbonyl (C=O) groups is 4. The third-order valence-electron chi connectivity index (χ3n) is 13.5. The van der Waals surface area contributed by atoms with Crippen molar-refractivity contribution in [1.82, 2.24) is 40.2 Å². The van der Waals surface area contributed by atoms with Gasteiger partial charge >= 0.3 is 0 Å². The maximum Gasteiger partial charge on any atom is 0.277 e. The molecule has 0 bridgehead atoms. The number of rotatable bonds is 17. The molecule has 4 aliphatic heterocycles. The second kappa shape index (κ2) is 25.7. The normalized spacial score (nSPS) is 20.2. The van der Waals surface area contributed by atoms with Crippen LogP contribution in [0.1, 0.15) is 64.3 Å². The minimum Gasteiger partial charge on any atom is -0.384 e. The van der Waals surface area contributed by atoms with Crippen molar-refractivity contribution < 1.29 is 23.9 Å². The fourth-order valence-corrected chi connectivity index (χ4v) is 10.5. The molecule has 382 valence electrons. The molecule has 70 heavy (non-hydrogen) atoms. The number of anilines is 4. The lowest BCUT2D eigenvalue weighted by atomic mass is 9.73. The molecule has 2 aromatic heterocycles. The number of amides is 4. The quantitative estimate of drug-likeness (QED) is 0.0630. The van der Waals surface area contributed by atoms with Gasteiger partial charge in [0.05, 0.1) is 41.2 Å². The number of piperidine rings is 2. The Morgan fingerprint density at radius 3 is 2.26 bits per heavy atom. The molecule has 0 saturated carbocycles. The smallest absolute Gasteiger partial charge is 0.277 e. The molecule has 4 aromatic rings. The molecule has 4 amide bonds. The SMILES string of the molecule is C[C@@H]1OCC2(CCN(c3cnc(Sc4cccc(NC(=O)CCC(=O)NCCCN5CCN(CCCNc6cccc7cnn(C8CCC(=O)NC8=O)c(=O)c67)CC5)c4Cl)c(N)n3)CC2)[C@@H]1N.Cl.Cl.Cl. The van der Waals surface area contributed by atoms with Gasteiger partial charge in [-0.3, -0.25) is 29.3 Å². The molecule has 3 atom stereocenters. The molecule has 4 saturated heterocycles. The zero-order valence-electron chi connectivity index (χ0n) is 39.0. The predicted octanol–water partition coefficient (Wildman–Crippen LogP) is 4.49. The molecule has 1 unspecified atom stereocenters. The van der Waals surface area contributed by atoms with E-state index in [-0.39, 0.29) is 104 Å². The first kappa shape index (κ1) is 56.4. The van der Waals surface area contributed by atoms with Crippen molar-refractivity contribution in [3.63, 3.8) is 0 Å². The van der Waals surface area contributed by atoms with Crippen LogP contribution in [0.4, 0.5) is 23.0 Å². The lowest BCUT2D eigenvalue weighted by molar-refractivity contribution is -0.136. The Kier molecular flexibility index (Phi) is 20.7. The van der Waals surface area contributed by atoms with Gasteiger partial charge in [0.15, 0.2) is 5.82 Å². The van der Waals surface area contributed by atoms with Gasteiger partial charge in [0, 0.05) is 99.0 Å². The summed E-state index contributed by atoms with van der Waals surface area (Å²) in [4.78, 5) is 80.0. The van der Waals surface area contributed by atoms with E-state index in [1.165, 1.54) is 16.4 Å². The number of carbonyl (C=O) groups excluding carboxylic acids is 4. The van der Waals surface area contributed by atoms with E-state index < -0.39 is 11.9 Å². The van der Waals surface area contributed by atoms with Gasteiger partial charge in [0.1, 0.15) is 16.9 Å². The highest BCUT2D eigenvalue weighted by Crippen LogP contribution is 2.43. The fourth-order valence-electron chi connectivity index (χ4n) is 9.37. The number of nitrogens with zero attached hydrogens (tertiary/aromatic N) is 7. The summed E-state index contributed by atoms with van der Waals surface area (Å²) in [6.45, 7) is 11.0. The largest absolute Gasteiger partial charge is 0.384 e. The molecule has 6 heterocycles. The molecular formula is C46H63Cl4N13O6S. The zero-order valence-corrected chi connectivity index (χ0v) is 43.1. The predicted molar refractivity (Wildman–Crippen MR) is 280 cm³/mol. The lowest BCUT2D eigenvalue weighted by Gasteiger charge is -2.41. The Labute approximate surface area is 434 Å². The fraction of sp³-hybridized carbons (Fsp3) is 0.522. The molecule has 2 aromatic carbocycles. The first-order chi connectivity index (χ1) is 32.4. The highest BCUT2D eigenvalue weighted by atomic mass is 35.5. The lowest BCUT2D eigenvalue weighted by Crippen LogP contribution is -2.50. The highest BCUT2D eigenvalue weighted by molar-refractivity contribution is 7.99. The van der Waals surface area contributed by atoms with Gasteiger partial charge in [-0.05, 0) is 70.3 Å². The topological polar surface area (TPSA) is 248 Å². The number of benzene rings is 2. The molecule has 1 spiro atoms. The Morgan fingerprint density at radius 1 is 0.914 bits per heavy atom. The number of nitrogens with two attached hydrogens (primary N) is 2. The summed E-state index contributed by atoms with van der Waals surface area (Å²) in [7, 11) is 0. The van der Waals surface area contributed by atoms with Gasteiger partial charge in [0.25, 0.3) is 11.5 Å². The molecule has 24 heteroatoms. The monoisotopic (exact) mass is 1070 g/mol. The van der Waals surface area contributed by atoms with Gasteiger partial charge in [-0.25, -0.2) is 14.6 Å². The zero-order chi connectivity index (χ0) is 47.1. The van der Waals surface area contributed by atoms with Gasteiger partial charge in [-0.15, -0.1) is 37.2 Å². The second-order valence-electron chi connectivity index (χ2n) is 17.9. The van der Waals surface area contributed by atoms with Crippen LogP contribution in [0.5, 0.6) is 0 Å². The van der Waals surface area contributed by atoms with Crippen molar-refractivity contribution in [2.75, 3.05) is 93.3 Å². The summed E-state index contributed by atoms with van der Waals surface area (Å²) in [5.41, 5.74) is 13.6. The molecular weight excluding hydrogens is 1000 g/mol. The summed E-state index contributed by atoms with van der Waals surface area (Å²) in [5.74, 6) is -0.351. The van der Waals surface area contributed by atoms with Crippen molar-refractivity contribution in [1.29, 1.82) is 0 Å². The summed E-state index contributed by atoms with van der Waals surface area (Å²) in [6.07, 6.45) is 7.35. The summed E-state index contributed by atoms with van der Waals surface area (Å²) < 4.78 is 7.05. The number of imide groups is 1. The number of fused-ring (bicyclic) bond motifs is 1. The Morgan fingerprint density at radius 2 is 1.59 bits per heavy atom. The maximum atomic E-state index is 13.5. The van der Waals surface area contributed by atoms with Gasteiger partial charge in [-0.2, -0.15) is 5.10 Å². The second-order valence-corrected chi connectivity index (χ2v) is 19.3. The number of nitrogen functional groups attached to an aromatic ring is 1. The summed E-state index contributed by atoms with van der Waals surface area (Å²) >= 11 is 8.01. The van der Waals surface area contributed by atoms with Crippen molar-refractivity contribution in [2.24, 2.45) is 11.1 Å². The minimum atomic E-state index is -0.820. The van der Waals surface area contributed by atoms with E-state index in [4.69, 9.17) is 27.8 Å². The van der Waals surface area contributed by atoms with E-state index in [2.05, 4.69) is 51.0 Å². The standard InChI is InChI=1S/C46H60ClN13O6S.3ClH/c1-29-41(48)46(28-66-29)14-20-59(21-15-46)35-27-52-44(42(49)55-35)67-34-9-3-8-32(40(34)47)54-37(62)13-12-36(61)51-17-5-19-58-24-22-57(23-25-58)18-4-16-50-31-7-2-6-30-26-53-60(45(65)39(30)31)33-10-11-38(63)56-43(33)64;;;/h2-3,6-9,26-27,29,33,41,50H,4-5,10-25,28,48H2,1H3,(H2,49,55)(H,51,61)(H,54,62)(H,56,63,64);3*1H/t29-,33?,41+;;;/m0.../s1. The van der Waals surface area contributed by atoms with Crippen LogP contribution in [-0.4, -0.2) is 137 Å². The van der Waals surface area contributed by atoms with E-state index in [1.807, 2.05) is 31.2 Å². The number of hydrogen-bond donors (Lipinski definition) is 6. The van der Waals surface area contributed by atoms with Crippen LogP contribution < -0.4 is 43.2 Å². The molecule has 0 aliphatic carbocycles. The van der Waals surface area contributed by atoms with E-state index in [0.29, 0.717) is 68.4 Å². The number of ether oxygens (including phenoxy) is 1. The minimum absolute atomic E-state index is 0. The molecule has 0 radical (unpaired) electrons. The number of piperazine rings is 1. The Balaban J connectivity index is 0.00000304. The van der Waals surface area contributed by atoms with E-state index >= 15 is 0 Å². The van der Waals surface area contributed by atoms with Crippen LogP contribution in [0.25, 0.3) is 10.8 Å². The third-order valence-corrected chi connectivity index (χ3v) is 15.0. The number of nitrogens with one attached hydrogen (secondary N) is 4. The van der Waals surface area contributed by atoms with Crippen molar-refractivity contribution >= 4 is 118 Å². The average molecular weight is 1070 g/mol. The van der Waals surface area contributed by atoms with Crippen molar-refractivity contribution in [2.45, 2.75) is 86.4 Å². The van der Waals surface area contributed by atoms with E-state index in [0.717, 1.165) is 78.0 Å². The molecule has 4 aliphatic rings. The molecule has 8 N–H and O–H groups in total. The van der Waals surface area contributed by atoms with Gasteiger partial charge in [-0.1, -0.05) is 41.6 Å². The first-order valence-electron chi connectivity index (χ1n) is 23.2. The van der Waals surface area contributed by atoms with Crippen molar-refractivity contribution in [3.8, 4) is 0 Å². The van der Waals surface area contributed by atoms with Crippen LogP contribution in [0.2, 0.25) is 5.02 Å². The van der Waals surface area contributed by atoms with E-state index in [1.54, 1.807) is 24.5 Å². The summed E-state index contributed by atoms with van der Waals surface area (Å²) in [6, 6.07) is 10.1. The Hall–Kier alpha value is -4.51. The average Bonchev–Trinajstić information content (AvgIpc) is 3.59. The number of hydrogen-bond acceptors (Lipinski definition) is 16. The van der Waals surface area contributed by atoms with E-state index in [9.17, 15) is 24.0 Å². The summed E-state index contributed by atoms with van der Waals surface area (Å²) in [5, 5.41) is 17.8. The van der Waals surface area contributed by atoms with Gasteiger partial charge in [0.2, 0.25) is 17.7 Å². The Bertz CT molecular complexity index is 2530. The van der Waals surface area contributed by atoms with Crippen LogP contribution in [-0.2, 0) is 23.9 Å². The van der Waals surface area contributed by atoms with Crippen LogP contribution >= 0.6 is 60.6 Å². The highest BCUT2D eigenvalue weighted by Gasteiger charge is 2.47. The van der Waals surface area contributed by atoms with Gasteiger partial charge < -0.3 is 46.9 Å². The van der Waals surface area contributed by atoms with Crippen molar-refractivity contribution in [3.05, 3.63) is 64.2 Å². The first-order valence-corrected chi connectivity index (χ1v) is 24.4. The van der Waals surface area contributed by atoms with Crippen LogP contribution in [0, 0.1) is 5.41 Å². The molecule has 19 nitrogen and oxygen atoms in total. The number of aromatic nitrogens is 4. The van der Waals surface area contributed by atoms with Crippen LogP contribution in [0.3, 0.4) is 0 Å². The number of halogens is 4. The third kappa shape index (κ3) is 13.5. The van der Waals surface area contributed by atoms with Crippen LogP contribution in [0.15, 0.2) is 63.5 Å².